The maximum atomic E-state index is 12.6. The molecule has 0 bridgehead atoms. The van der Waals surface area contributed by atoms with Crippen molar-refractivity contribution in [1.29, 1.82) is 0 Å². The number of amides is 2. The second-order valence-electron chi connectivity index (χ2n) is 7.50. The van der Waals surface area contributed by atoms with Gasteiger partial charge >= 0.3 is 12.1 Å². The van der Waals surface area contributed by atoms with Crippen molar-refractivity contribution in [2.24, 2.45) is 0 Å². The Hall–Kier alpha value is -2.87. The summed E-state index contributed by atoms with van der Waals surface area (Å²) in [7, 11) is 0. The van der Waals surface area contributed by atoms with Crippen LogP contribution in [0.1, 0.15) is 33.3 Å². The van der Waals surface area contributed by atoms with Crippen LogP contribution in [0.25, 0.3) is 0 Å². The SMILES string of the molecule is CC(=O)N[C@@H]1[C@@H](O)C=C(C(=O)OCc2ccccc2)CN1C(=O)OC(C)(C)C. The quantitative estimate of drug-likeness (QED) is 0.759. The number of hydrogen-bond donors (Lipinski definition) is 2. The molecule has 152 valence electrons. The fraction of sp³-hybridized carbons (Fsp3) is 0.450. The monoisotopic (exact) mass is 390 g/mol. The van der Waals surface area contributed by atoms with Crippen molar-refractivity contribution in [1.82, 2.24) is 10.2 Å². The maximum Gasteiger partial charge on any atom is 0.412 e. The highest BCUT2D eigenvalue weighted by Gasteiger charge is 2.38. The molecule has 0 aromatic heterocycles. The standard InChI is InChI=1S/C20H26N2O6/c1-13(23)21-17-16(24)10-15(11-22(17)19(26)28-20(2,3)4)18(25)27-12-14-8-6-5-7-9-14/h5-10,16-17,24H,11-12H2,1-4H3,(H,21,23)/t16-,17-/m0/s1. The molecule has 8 heteroatoms. The Morgan fingerprint density at radius 2 is 1.86 bits per heavy atom. The third-order valence-electron chi connectivity index (χ3n) is 3.83. The van der Waals surface area contributed by atoms with Gasteiger partial charge in [-0.25, -0.2) is 9.59 Å². The highest BCUT2D eigenvalue weighted by atomic mass is 16.6. The Balaban J connectivity index is 2.15. The molecular weight excluding hydrogens is 364 g/mol. The molecule has 2 rings (SSSR count). The molecule has 2 amide bonds. The second-order valence-corrected chi connectivity index (χ2v) is 7.50. The van der Waals surface area contributed by atoms with Crippen molar-refractivity contribution < 1.29 is 29.0 Å². The zero-order valence-electron chi connectivity index (χ0n) is 16.5. The van der Waals surface area contributed by atoms with E-state index < -0.39 is 35.8 Å². The number of benzene rings is 1. The first kappa shape index (κ1) is 21.4. The van der Waals surface area contributed by atoms with Crippen molar-refractivity contribution in [2.45, 2.75) is 52.2 Å². The van der Waals surface area contributed by atoms with Gasteiger partial charge in [0.05, 0.1) is 12.1 Å². The normalized spacial score (nSPS) is 19.5. The first-order chi connectivity index (χ1) is 13.1. The molecule has 1 aromatic rings. The van der Waals surface area contributed by atoms with Gasteiger partial charge in [0, 0.05) is 6.92 Å². The summed E-state index contributed by atoms with van der Waals surface area (Å²) in [5.41, 5.74) is 0.140. The van der Waals surface area contributed by atoms with Crippen LogP contribution in [-0.4, -0.2) is 52.4 Å². The maximum absolute atomic E-state index is 12.6. The minimum absolute atomic E-state index is 0.0642. The van der Waals surface area contributed by atoms with Gasteiger partial charge in [0.1, 0.15) is 24.5 Å². The number of aliphatic hydroxyl groups excluding tert-OH is 1. The molecule has 1 aliphatic heterocycles. The zero-order valence-corrected chi connectivity index (χ0v) is 16.5. The summed E-state index contributed by atoms with van der Waals surface area (Å²) in [5, 5.41) is 12.9. The van der Waals surface area contributed by atoms with Crippen molar-refractivity contribution in [3.8, 4) is 0 Å². The fourth-order valence-electron chi connectivity index (χ4n) is 2.63. The molecule has 2 N–H and O–H groups in total. The molecule has 0 saturated heterocycles. The number of rotatable bonds is 4. The van der Waals surface area contributed by atoms with Crippen LogP contribution in [0.2, 0.25) is 0 Å². The van der Waals surface area contributed by atoms with Crippen molar-refractivity contribution in [3.05, 3.63) is 47.5 Å². The molecule has 28 heavy (non-hydrogen) atoms. The minimum Gasteiger partial charge on any atom is -0.457 e. The van der Waals surface area contributed by atoms with Gasteiger partial charge in [0.2, 0.25) is 5.91 Å². The van der Waals surface area contributed by atoms with E-state index in [0.717, 1.165) is 10.5 Å². The van der Waals surface area contributed by atoms with E-state index in [9.17, 15) is 19.5 Å². The highest BCUT2D eigenvalue weighted by Crippen LogP contribution is 2.21. The van der Waals surface area contributed by atoms with E-state index in [0.29, 0.717) is 0 Å². The minimum atomic E-state index is -1.29. The molecule has 8 nitrogen and oxygen atoms in total. The molecular formula is C20H26N2O6. The van der Waals surface area contributed by atoms with Crippen molar-refractivity contribution in [2.75, 3.05) is 6.54 Å². The number of hydrogen-bond acceptors (Lipinski definition) is 6. The molecule has 1 heterocycles. The van der Waals surface area contributed by atoms with E-state index >= 15 is 0 Å². The van der Waals surface area contributed by atoms with Gasteiger partial charge in [-0.15, -0.1) is 0 Å². The molecule has 1 aromatic carbocycles. The van der Waals surface area contributed by atoms with Crippen LogP contribution in [-0.2, 0) is 25.7 Å². The summed E-state index contributed by atoms with van der Waals surface area (Å²) >= 11 is 0. The molecule has 0 fully saturated rings. The predicted molar refractivity (Wildman–Crippen MR) is 101 cm³/mol. The number of carbonyl (C=O) groups excluding carboxylic acids is 3. The number of nitrogens with one attached hydrogen (secondary N) is 1. The Morgan fingerprint density at radius 3 is 2.43 bits per heavy atom. The van der Waals surface area contributed by atoms with Gasteiger partial charge < -0.3 is 19.9 Å². The lowest BCUT2D eigenvalue weighted by atomic mass is 10.0. The lowest BCUT2D eigenvalue weighted by Gasteiger charge is -2.38. The van der Waals surface area contributed by atoms with Crippen molar-refractivity contribution >= 4 is 18.0 Å². The average molecular weight is 390 g/mol. The molecule has 1 aliphatic rings. The van der Waals surface area contributed by atoms with Gasteiger partial charge in [-0.1, -0.05) is 30.3 Å². The molecule has 0 saturated carbocycles. The van der Waals surface area contributed by atoms with Crippen LogP contribution < -0.4 is 5.32 Å². The van der Waals surface area contributed by atoms with E-state index in [2.05, 4.69) is 5.32 Å². The summed E-state index contributed by atoms with van der Waals surface area (Å²) < 4.78 is 10.6. The Bertz CT molecular complexity index is 754. The van der Waals surface area contributed by atoms with Gasteiger partial charge in [-0.2, -0.15) is 0 Å². The Kier molecular flexibility index (Phi) is 6.80. The van der Waals surface area contributed by atoms with E-state index in [-0.39, 0.29) is 18.7 Å². The van der Waals surface area contributed by atoms with E-state index in [1.54, 1.807) is 20.8 Å². The van der Waals surface area contributed by atoms with Crippen LogP contribution in [0, 0.1) is 0 Å². The Labute approximate surface area is 164 Å². The van der Waals surface area contributed by atoms with Gasteiger partial charge in [0.15, 0.2) is 0 Å². The largest absolute Gasteiger partial charge is 0.457 e. The molecule has 0 aliphatic carbocycles. The number of aliphatic hydroxyl groups is 1. The zero-order chi connectivity index (χ0) is 20.9. The second kappa shape index (κ2) is 8.88. The number of esters is 1. The van der Waals surface area contributed by atoms with E-state index in [1.165, 1.54) is 13.0 Å². The summed E-state index contributed by atoms with van der Waals surface area (Å²) in [4.78, 5) is 37.6. The third-order valence-corrected chi connectivity index (χ3v) is 3.83. The Morgan fingerprint density at radius 1 is 1.21 bits per heavy atom. The first-order valence-electron chi connectivity index (χ1n) is 8.93. The number of nitrogens with zero attached hydrogens (tertiary/aromatic N) is 1. The summed E-state index contributed by atoms with van der Waals surface area (Å²) in [6, 6.07) is 9.14. The number of ether oxygens (including phenoxy) is 2. The fourth-order valence-corrected chi connectivity index (χ4v) is 2.63. The van der Waals surface area contributed by atoms with E-state index in [4.69, 9.17) is 9.47 Å². The van der Waals surface area contributed by atoms with Gasteiger partial charge in [-0.3, -0.25) is 9.69 Å². The van der Waals surface area contributed by atoms with Crippen LogP contribution >= 0.6 is 0 Å². The van der Waals surface area contributed by atoms with Gasteiger partial charge in [0.25, 0.3) is 0 Å². The van der Waals surface area contributed by atoms with Gasteiger partial charge in [-0.05, 0) is 32.4 Å². The lowest BCUT2D eigenvalue weighted by Crippen LogP contribution is -2.59. The smallest absolute Gasteiger partial charge is 0.412 e. The molecule has 0 spiro atoms. The number of carbonyl (C=O) groups is 3. The van der Waals surface area contributed by atoms with Crippen molar-refractivity contribution in [3.63, 3.8) is 0 Å². The summed E-state index contributed by atoms with van der Waals surface area (Å²) in [6.45, 7) is 6.27. The molecule has 0 radical (unpaired) electrons. The van der Waals surface area contributed by atoms with Crippen LogP contribution in [0.5, 0.6) is 0 Å². The predicted octanol–water partition coefficient (Wildman–Crippen LogP) is 1.73. The average Bonchev–Trinajstić information content (AvgIpc) is 2.60. The summed E-state index contributed by atoms with van der Waals surface area (Å²) in [5.74, 6) is -1.08. The topological polar surface area (TPSA) is 105 Å². The van der Waals surface area contributed by atoms with Crippen LogP contribution in [0.15, 0.2) is 42.0 Å². The molecule has 0 unspecified atom stereocenters. The summed E-state index contributed by atoms with van der Waals surface area (Å²) in [6.07, 6.45) is -1.80. The van der Waals surface area contributed by atoms with E-state index in [1.807, 2.05) is 30.3 Å². The third kappa shape index (κ3) is 6.09. The lowest BCUT2D eigenvalue weighted by molar-refractivity contribution is -0.141. The first-order valence-corrected chi connectivity index (χ1v) is 8.93. The van der Waals surface area contributed by atoms with Crippen LogP contribution in [0.3, 0.4) is 0 Å². The van der Waals surface area contributed by atoms with Crippen LogP contribution in [0.4, 0.5) is 4.79 Å². The highest BCUT2D eigenvalue weighted by molar-refractivity contribution is 5.90. The molecule has 2 atom stereocenters.